The summed E-state index contributed by atoms with van der Waals surface area (Å²) in [5.74, 6) is -0.374. The summed E-state index contributed by atoms with van der Waals surface area (Å²) in [6.07, 6.45) is 3.65. The van der Waals surface area contributed by atoms with E-state index in [9.17, 15) is 9.59 Å². The summed E-state index contributed by atoms with van der Waals surface area (Å²) >= 11 is 0. The van der Waals surface area contributed by atoms with Crippen LogP contribution in [0, 0.1) is 0 Å². The van der Waals surface area contributed by atoms with Gasteiger partial charge < -0.3 is 4.79 Å². The third-order valence-corrected chi connectivity index (χ3v) is 2.07. The molecule has 1 aromatic rings. The molecule has 0 saturated heterocycles. The van der Waals surface area contributed by atoms with Crippen LogP contribution in [0.25, 0.3) is 6.08 Å². The maximum atomic E-state index is 11.7. The molecule has 1 N–H and O–H groups in total. The summed E-state index contributed by atoms with van der Waals surface area (Å²) < 4.78 is 0. The first-order chi connectivity index (χ1) is 8.77. The zero-order valence-corrected chi connectivity index (χ0v) is 10.2. The van der Waals surface area contributed by atoms with Crippen molar-refractivity contribution in [2.45, 2.75) is 0 Å². The van der Waals surface area contributed by atoms with Crippen molar-refractivity contribution in [2.24, 2.45) is 0 Å². The number of carbonyl (C=O) groups excluding carboxylic acids is 2. The van der Waals surface area contributed by atoms with Crippen LogP contribution in [-0.2, 0) is 14.4 Å². The molecule has 5 nitrogen and oxygen atoms in total. The lowest BCUT2D eigenvalue weighted by molar-refractivity contribution is -0.182. The largest absolute Gasteiger partial charge is 0.301 e. The number of amides is 1. The molecular weight excluding hydrogens is 232 g/mol. The van der Waals surface area contributed by atoms with Crippen LogP contribution in [0.15, 0.2) is 36.4 Å². The van der Waals surface area contributed by atoms with E-state index in [1.165, 1.54) is 6.08 Å². The zero-order valence-electron chi connectivity index (χ0n) is 10.2. The molecule has 0 atom stereocenters. The lowest BCUT2D eigenvalue weighted by Crippen LogP contribution is -2.34. The Hall–Kier alpha value is -1.98. The third-order valence-electron chi connectivity index (χ3n) is 2.07. The minimum Gasteiger partial charge on any atom is -0.301 e. The van der Waals surface area contributed by atoms with Gasteiger partial charge in [0.05, 0.1) is 0 Å². The van der Waals surface area contributed by atoms with Crippen LogP contribution in [0.5, 0.6) is 0 Å². The van der Waals surface area contributed by atoms with Crippen LogP contribution >= 0.6 is 0 Å². The molecule has 0 bridgehead atoms. The van der Waals surface area contributed by atoms with E-state index in [2.05, 4.69) is 5.32 Å². The van der Waals surface area contributed by atoms with Gasteiger partial charge in [-0.05, 0) is 18.7 Å². The third kappa shape index (κ3) is 4.90. The Labute approximate surface area is 106 Å². The van der Waals surface area contributed by atoms with Crippen molar-refractivity contribution in [1.29, 1.82) is 0 Å². The number of rotatable bonds is 7. The number of nitrogens with one attached hydrogen (secondary N) is 1. The lowest BCUT2D eigenvalue weighted by Gasteiger charge is -2.17. The van der Waals surface area contributed by atoms with Gasteiger partial charge in [-0.1, -0.05) is 30.3 Å². The highest BCUT2D eigenvalue weighted by atomic mass is 16.7. The molecule has 1 rings (SSSR count). The minimum atomic E-state index is -0.374. The van der Waals surface area contributed by atoms with Crippen molar-refractivity contribution < 1.29 is 14.4 Å². The summed E-state index contributed by atoms with van der Waals surface area (Å²) in [4.78, 5) is 27.3. The van der Waals surface area contributed by atoms with Gasteiger partial charge in [0.1, 0.15) is 19.6 Å². The van der Waals surface area contributed by atoms with Gasteiger partial charge in [0, 0.05) is 6.08 Å². The van der Waals surface area contributed by atoms with E-state index in [1.807, 2.05) is 30.3 Å². The second-order valence-electron chi connectivity index (χ2n) is 3.44. The number of aldehydes is 1. The first-order valence-corrected chi connectivity index (χ1v) is 5.53. The molecule has 0 aliphatic heterocycles. The molecule has 0 saturated carbocycles. The number of hydrogen-bond donors (Lipinski definition) is 1. The zero-order chi connectivity index (χ0) is 13.2. The first-order valence-electron chi connectivity index (χ1n) is 5.53. The van der Waals surface area contributed by atoms with Crippen LogP contribution in [0.4, 0.5) is 0 Å². The number of benzene rings is 1. The van der Waals surface area contributed by atoms with Gasteiger partial charge in [-0.25, -0.2) is 5.06 Å². The van der Waals surface area contributed by atoms with Gasteiger partial charge in [0.15, 0.2) is 0 Å². The summed E-state index contributed by atoms with van der Waals surface area (Å²) in [7, 11) is 1.68. The van der Waals surface area contributed by atoms with E-state index in [0.29, 0.717) is 6.29 Å². The van der Waals surface area contributed by atoms with E-state index in [1.54, 1.807) is 13.1 Å². The van der Waals surface area contributed by atoms with E-state index in [0.717, 1.165) is 10.6 Å². The van der Waals surface area contributed by atoms with Crippen LogP contribution < -0.4 is 5.32 Å². The van der Waals surface area contributed by atoms with Crippen molar-refractivity contribution in [2.75, 3.05) is 20.3 Å². The Bertz CT molecular complexity index is 404. The van der Waals surface area contributed by atoms with Crippen molar-refractivity contribution in [1.82, 2.24) is 10.4 Å². The highest BCUT2D eigenvalue weighted by molar-refractivity contribution is 5.92. The quantitative estimate of drug-likeness (QED) is 0.336. The van der Waals surface area contributed by atoms with E-state index in [-0.39, 0.29) is 19.2 Å². The normalized spacial score (nSPS) is 10.5. The fourth-order valence-electron chi connectivity index (χ4n) is 1.23. The van der Waals surface area contributed by atoms with Crippen LogP contribution in [0.2, 0.25) is 0 Å². The highest BCUT2D eigenvalue weighted by Gasteiger charge is 2.09. The van der Waals surface area contributed by atoms with Gasteiger partial charge in [0.2, 0.25) is 0 Å². The molecule has 5 heteroatoms. The predicted molar refractivity (Wildman–Crippen MR) is 68.3 cm³/mol. The van der Waals surface area contributed by atoms with Crippen molar-refractivity contribution >= 4 is 18.3 Å². The fraction of sp³-hybridized carbons (Fsp3) is 0.231. The average molecular weight is 248 g/mol. The molecule has 18 heavy (non-hydrogen) atoms. The fourth-order valence-corrected chi connectivity index (χ4v) is 1.23. The molecule has 96 valence electrons. The van der Waals surface area contributed by atoms with E-state index < -0.39 is 0 Å². The van der Waals surface area contributed by atoms with Crippen LogP contribution in [0.1, 0.15) is 5.56 Å². The smallest absolute Gasteiger partial charge is 0.270 e. The number of hydroxylamine groups is 2. The van der Waals surface area contributed by atoms with Crippen molar-refractivity contribution in [3.63, 3.8) is 0 Å². The molecule has 1 aromatic carbocycles. The second kappa shape index (κ2) is 8.16. The van der Waals surface area contributed by atoms with Crippen LogP contribution in [0.3, 0.4) is 0 Å². The molecule has 0 radical (unpaired) electrons. The van der Waals surface area contributed by atoms with Gasteiger partial charge in [0.25, 0.3) is 5.91 Å². The average Bonchev–Trinajstić information content (AvgIpc) is 2.42. The summed E-state index contributed by atoms with van der Waals surface area (Å²) in [6.45, 7) is 0.0679. The molecule has 0 unspecified atom stereocenters. The maximum absolute atomic E-state index is 11.7. The molecule has 0 aliphatic rings. The Morgan fingerprint density at radius 1 is 1.39 bits per heavy atom. The molecule has 0 spiro atoms. The summed E-state index contributed by atoms with van der Waals surface area (Å²) in [6, 6.07) is 9.41. The van der Waals surface area contributed by atoms with Gasteiger partial charge in [-0.2, -0.15) is 0 Å². The Morgan fingerprint density at radius 2 is 2.11 bits per heavy atom. The monoisotopic (exact) mass is 248 g/mol. The van der Waals surface area contributed by atoms with Crippen molar-refractivity contribution in [3.05, 3.63) is 42.0 Å². The standard InChI is InChI=1S/C13H16N2O3/c1-14-11-18-15(9-10-16)13(17)8-7-12-5-3-2-4-6-12/h2-8,10,14H,9,11H2,1H3/b8-7+. The topological polar surface area (TPSA) is 58.6 Å². The van der Waals surface area contributed by atoms with Gasteiger partial charge in [-0.3, -0.25) is 14.9 Å². The molecule has 0 aromatic heterocycles. The molecule has 0 aliphatic carbocycles. The van der Waals surface area contributed by atoms with Gasteiger partial charge in [-0.15, -0.1) is 0 Å². The summed E-state index contributed by atoms with van der Waals surface area (Å²) in [5, 5.41) is 3.73. The Morgan fingerprint density at radius 3 is 2.72 bits per heavy atom. The second-order valence-corrected chi connectivity index (χ2v) is 3.44. The number of nitrogens with zero attached hydrogens (tertiary/aromatic N) is 1. The lowest BCUT2D eigenvalue weighted by atomic mass is 10.2. The first kappa shape index (κ1) is 14.1. The maximum Gasteiger partial charge on any atom is 0.270 e. The SMILES string of the molecule is CNCON(CC=O)C(=O)/C=C/c1ccccc1. The number of hydrogen-bond acceptors (Lipinski definition) is 4. The molecular formula is C13H16N2O3. The molecule has 0 heterocycles. The van der Waals surface area contributed by atoms with Crippen molar-refractivity contribution in [3.8, 4) is 0 Å². The van der Waals surface area contributed by atoms with Crippen LogP contribution in [-0.4, -0.2) is 37.6 Å². The molecule has 1 amide bonds. The van der Waals surface area contributed by atoms with E-state index in [4.69, 9.17) is 4.84 Å². The Kier molecular flexibility index (Phi) is 6.38. The molecule has 0 fully saturated rings. The minimum absolute atomic E-state index is 0.0976. The number of carbonyl (C=O) groups is 2. The Balaban J connectivity index is 2.60. The van der Waals surface area contributed by atoms with E-state index >= 15 is 0 Å². The predicted octanol–water partition coefficient (Wildman–Crippen LogP) is 0.836. The highest BCUT2D eigenvalue weighted by Crippen LogP contribution is 2.02. The van der Waals surface area contributed by atoms with Gasteiger partial charge >= 0.3 is 0 Å². The summed E-state index contributed by atoms with van der Waals surface area (Å²) in [5.41, 5.74) is 0.908.